The summed E-state index contributed by atoms with van der Waals surface area (Å²) in [4.78, 5) is 11.0. The van der Waals surface area contributed by atoms with Crippen LogP contribution in [0.2, 0.25) is 0 Å². The van der Waals surface area contributed by atoms with Gasteiger partial charge in [0.25, 0.3) is 0 Å². The molecular formula is C14H16N2O4S. The summed E-state index contributed by atoms with van der Waals surface area (Å²) >= 11 is 0. The van der Waals surface area contributed by atoms with Gasteiger partial charge in [-0.05, 0) is 36.2 Å². The maximum atomic E-state index is 12.3. The first kappa shape index (κ1) is 15.3. The number of carboxylic acid groups (broad SMARTS) is 1. The monoisotopic (exact) mass is 308 g/mol. The van der Waals surface area contributed by atoms with Gasteiger partial charge in [-0.25, -0.2) is 17.9 Å². The normalized spacial score (nSPS) is 11.5. The third-order valence-electron chi connectivity index (χ3n) is 3.16. The predicted molar refractivity (Wildman–Crippen MR) is 77.6 cm³/mol. The Balaban J connectivity index is 2.27. The summed E-state index contributed by atoms with van der Waals surface area (Å²) in [5, 5.41) is 9.05. The lowest BCUT2D eigenvalue weighted by Gasteiger charge is -2.10. The maximum absolute atomic E-state index is 12.3. The van der Waals surface area contributed by atoms with Gasteiger partial charge in [0.05, 0.1) is 10.5 Å². The average Bonchev–Trinajstić information content (AvgIpc) is 2.82. The number of aryl methyl sites for hydroxylation is 1. The van der Waals surface area contributed by atoms with Gasteiger partial charge in [-0.1, -0.05) is 6.07 Å². The zero-order valence-electron chi connectivity index (χ0n) is 11.7. The minimum Gasteiger partial charge on any atom is -0.478 e. The summed E-state index contributed by atoms with van der Waals surface area (Å²) in [6.45, 7) is 1.64. The van der Waals surface area contributed by atoms with Gasteiger partial charge in [0.1, 0.15) is 0 Å². The minimum absolute atomic E-state index is 0.0154. The Morgan fingerprint density at radius 2 is 2.05 bits per heavy atom. The molecule has 1 aromatic carbocycles. The number of carboxylic acids is 1. The van der Waals surface area contributed by atoms with Crippen molar-refractivity contribution in [3.8, 4) is 0 Å². The highest BCUT2D eigenvalue weighted by Gasteiger charge is 2.20. The van der Waals surface area contributed by atoms with E-state index in [9.17, 15) is 13.2 Å². The molecule has 0 aliphatic carbocycles. The van der Waals surface area contributed by atoms with E-state index in [0.29, 0.717) is 0 Å². The minimum atomic E-state index is -3.76. The highest BCUT2D eigenvalue weighted by atomic mass is 32.2. The van der Waals surface area contributed by atoms with Gasteiger partial charge in [-0.2, -0.15) is 0 Å². The van der Waals surface area contributed by atoms with Crippen molar-refractivity contribution in [1.82, 2.24) is 9.29 Å². The van der Waals surface area contributed by atoms with Gasteiger partial charge in [-0.15, -0.1) is 0 Å². The highest BCUT2D eigenvalue weighted by Crippen LogP contribution is 2.19. The maximum Gasteiger partial charge on any atom is 0.335 e. The Morgan fingerprint density at radius 3 is 2.62 bits per heavy atom. The van der Waals surface area contributed by atoms with Gasteiger partial charge in [-0.3, -0.25) is 0 Å². The molecule has 21 heavy (non-hydrogen) atoms. The smallest absolute Gasteiger partial charge is 0.335 e. The Hall–Kier alpha value is -2.12. The van der Waals surface area contributed by atoms with Crippen molar-refractivity contribution in [2.75, 3.05) is 0 Å². The summed E-state index contributed by atoms with van der Waals surface area (Å²) < 4.78 is 28.9. The van der Waals surface area contributed by atoms with E-state index in [1.807, 2.05) is 30.1 Å². The van der Waals surface area contributed by atoms with Crippen LogP contribution in [0.25, 0.3) is 0 Å². The Bertz CT molecular complexity index is 778. The second-order valence-electron chi connectivity index (χ2n) is 4.74. The third-order valence-corrected chi connectivity index (χ3v) is 4.71. The second-order valence-corrected chi connectivity index (χ2v) is 6.48. The van der Waals surface area contributed by atoms with Crippen molar-refractivity contribution in [1.29, 1.82) is 0 Å². The molecular weight excluding hydrogens is 292 g/mol. The van der Waals surface area contributed by atoms with Gasteiger partial charge in [0.2, 0.25) is 10.0 Å². The van der Waals surface area contributed by atoms with Crippen LogP contribution in [-0.2, 0) is 23.6 Å². The first-order valence-corrected chi connectivity index (χ1v) is 7.73. The number of hydrogen-bond acceptors (Lipinski definition) is 3. The van der Waals surface area contributed by atoms with Crippen LogP contribution in [0.5, 0.6) is 0 Å². The molecule has 2 aromatic rings. The SMILES string of the molecule is Cc1c(C(=O)O)cccc1S(=O)(=O)NCc1ccn(C)c1. The number of aromatic nitrogens is 1. The molecule has 7 heteroatoms. The fourth-order valence-electron chi connectivity index (χ4n) is 2.06. The molecule has 0 bridgehead atoms. The molecule has 0 amide bonds. The number of hydrogen-bond donors (Lipinski definition) is 2. The van der Waals surface area contributed by atoms with Crippen LogP contribution in [0.3, 0.4) is 0 Å². The molecule has 2 rings (SSSR count). The number of carbonyl (C=O) groups is 1. The number of nitrogens with one attached hydrogen (secondary N) is 1. The highest BCUT2D eigenvalue weighted by molar-refractivity contribution is 7.89. The largest absolute Gasteiger partial charge is 0.478 e. The van der Waals surface area contributed by atoms with Crippen LogP contribution in [0.1, 0.15) is 21.5 Å². The Labute approximate surface area is 123 Å². The Morgan fingerprint density at radius 1 is 1.33 bits per heavy atom. The van der Waals surface area contributed by atoms with Crippen molar-refractivity contribution in [2.45, 2.75) is 18.4 Å². The van der Waals surface area contributed by atoms with Crippen molar-refractivity contribution >= 4 is 16.0 Å². The molecule has 0 fully saturated rings. The summed E-state index contributed by atoms with van der Waals surface area (Å²) in [5.41, 5.74) is 1.04. The van der Waals surface area contributed by atoms with Crippen molar-refractivity contribution in [3.05, 3.63) is 53.3 Å². The van der Waals surface area contributed by atoms with Crippen LogP contribution >= 0.6 is 0 Å². The quantitative estimate of drug-likeness (QED) is 0.876. The molecule has 0 aliphatic rings. The van der Waals surface area contributed by atoms with E-state index >= 15 is 0 Å². The second kappa shape index (κ2) is 5.71. The first-order valence-electron chi connectivity index (χ1n) is 6.24. The zero-order chi connectivity index (χ0) is 15.6. The summed E-state index contributed by atoms with van der Waals surface area (Å²) in [6, 6.07) is 6.01. The fourth-order valence-corrected chi connectivity index (χ4v) is 3.34. The average molecular weight is 308 g/mol. The number of nitrogens with zero attached hydrogens (tertiary/aromatic N) is 1. The molecule has 0 aliphatic heterocycles. The van der Waals surface area contributed by atoms with Crippen LogP contribution in [0.15, 0.2) is 41.6 Å². The molecule has 2 N–H and O–H groups in total. The van der Waals surface area contributed by atoms with Crippen LogP contribution < -0.4 is 4.72 Å². The van der Waals surface area contributed by atoms with E-state index in [4.69, 9.17) is 5.11 Å². The predicted octanol–water partition coefficient (Wildman–Crippen LogP) is 1.51. The fraction of sp³-hybridized carbons (Fsp3) is 0.214. The number of rotatable bonds is 5. The molecule has 0 saturated heterocycles. The molecule has 0 atom stereocenters. The molecule has 6 nitrogen and oxygen atoms in total. The van der Waals surface area contributed by atoms with E-state index in [0.717, 1.165) is 5.56 Å². The summed E-state index contributed by atoms with van der Waals surface area (Å²) in [6.07, 6.45) is 3.63. The molecule has 0 unspecified atom stereocenters. The number of aromatic carboxylic acids is 1. The topological polar surface area (TPSA) is 88.4 Å². The van der Waals surface area contributed by atoms with Crippen molar-refractivity contribution < 1.29 is 18.3 Å². The summed E-state index contributed by atoms with van der Waals surface area (Å²) in [5.74, 6) is -1.15. The molecule has 1 aromatic heterocycles. The van der Waals surface area contributed by atoms with Crippen molar-refractivity contribution in [2.24, 2.45) is 7.05 Å². The van der Waals surface area contributed by atoms with Crippen LogP contribution in [0, 0.1) is 6.92 Å². The lowest BCUT2D eigenvalue weighted by atomic mass is 10.1. The van der Waals surface area contributed by atoms with Crippen molar-refractivity contribution in [3.63, 3.8) is 0 Å². The van der Waals surface area contributed by atoms with E-state index in [1.165, 1.54) is 25.1 Å². The van der Waals surface area contributed by atoms with Gasteiger partial charge in [0, 0.05) is 26.0 Å². The number of benzene rings is 1. The molecule has 0 radical (unpaired) electrons. The lowest BCUT2D eigenvalue weighted by molar-refractivity contribution is 0.0696. The van der Waals surface area contributed by atoms with Gasteiger partial charge >= 0.3 is 5.97 Å². The zero-order valence-corrected chi connectivity index (χ0v) is 12.5. The molecule has 112 valence electrons. The first-order chi connectivity index (χ1) is 9.81. The van der Waals surface area contributed by atoms with Gasteiger partial charge < -0.3 is 9.67 Å². The number of sulfonamides is 1. The molecule has 0 spiro atoms. The lowest BCUT2D eigenvalue weighted by Crippen LogP contribution is -2.24. The van der Waals surface area contributed by atoms with E-state index in [-0.39, 0.29) is 22.6 Å². The standard InChI is InChI=1S/C14H16N2O4S/c1-10-12(14(17)18)4-3-5-13(10)21(19,20)15-8-11-6-7-16(2)9-11/h3-7,9,15H,8H2,1-2H3,(H,17,18). The third kappa shape index (κ3) is 3.32. The van der Waals surface area contributed by atoms with Crippen LogP contribution in [0.4, 0.5) is 0 Å². The van der Waals surface area contributed by atoms with E-state index < -0.39 is 16.0 Å². The Kier molecular flexibility index (Phi) is 4.15. The summed E-state index contributed by atoms with van der Waals surface area (Å²) in [7, 11) is -1.91. The van der Waals surface area contributed by atoms with Crippen LogP contribution in [-0.4, -0.2) is 24.1 Å². The van der Waals surface area contributed by atoms with E-state index in [2.05, 4.69) is 4.72 Å². The molecule has 0 saturated carbocycles. The molecule has 1 heterocycles. The van der Waals surface area contributed by atoms with E-state index in [1.54, 1.807) is 0 Å². The van der Waals surface area contributed by atoms with Gasteiger partial charge in [0.15, 0.2) is 0 Å².